The number of rotatable bonds is 5. The second kappa shape index (κ2) is 8.56. The van der Waals surface area contributed by atoms with E-state index in [2.05, 4.69) is 40.9 Å². The van der Waals surface area contributed by atoms with Gasteiger partial charge < -0.3 is 14.5 Å². The number of benzene rings is 1. The lowest BCUT2D eigenvalue weighted by atomic mass is 10.2. The molecule has 1 aliphatic rings. The van der Waals surface area contributed by atoms with Crippen molar-refractivity contribution < 1.29 is 9.53 Å². The molecule has 9 nitrogen and oxygen atoms in total. The minimum atomic E-state index is 0.0134. The van der Waals surface area contributed by atoms with Gasteiger partial charge in [-0.2, -0.15) is 0 Å². The molecule has 1 aliphatic heterocycles. The van der Waals surface area contributed by atoms with Gasteiger partial charge in [0.25, 0.3) is 0 Å². The Balaban J connectivity index is 1.41. The third-order valence-corrected chi connectivity index (χ3v) is 5.09. The number of carbonyl (C=O) groups is 1. The standard InChI is InChI=1S/C19H20BrN7O2/c1-29-16-11-15(21-13-22-16)25-7-9-26(10-8-25)17(28)12-27-18(23-19(20)24-27)14-5-3-2-4-6-14/h2-6,11,13H,7-10,12H2,1H3. The van der Waals surface area contributed by atoms with Crippen molar-refractivity contribution in [2.75, 3.05) is 38.2 Å². The van der Waals surface area contributed by atoms with E-state index in [9.17, 15) is 4.79 Å². The minimum absolute atomic E-state index is 0.0134. The highest BCUT2D eigenvalue weighted by Gasteiger charge is 2.24. The average molecular weight is 458 g/mol. The van der Waals surface area contributed by atoms with Gasteiger partial charge in [-0.3, -0.25) is 4.79 Å². The van der Waals surface area contributed by atoms with E-state index < -0.39 is 0 Å². The van der Waals surface area contributed by atoms with Crippen molar-refractivity contribution in [1.82, 2.24) is 29.6 Å². The van der Waals surface area contributed by atoms with Crippen molar-refractivity contribution in [3.05, 3.63) is 47.5 Å². The number of methoxy groups -OCH3 is 1. The molecule has 0 saturated carbocycles. The Kier molecular flexibility index (Phi) is 5.70. The Hall–Kier alpha value is -3.01. The molecule has 2 aromatic heterocycles. The fraction of sp³-hybridized carbons (Fsp3) is 0.316. The molecule has 1 saturated heterocycles. The van der Waals surface area contributed by atoms with Crippen LogP contribution in [0.15, 0.2) is 47.5 Å². The maximum atomic E-state index is 12.9. The predicted molar refractivity (Wildman–Crippen MR) is 111 cm³/mol. The maximum Gasteiger partial charge on any atom is 0.244 e. The molecule has 0 spiro atoms. The van der Waals surface area contributed by atoms with Gasteiger partial charge in [0.05, 0.1) is 7.11 Å². The maximum absolute atomic E-state index is 12.9. The lowest BCUT2D eigenvalue weighted by Gasteiger charge is -2.35. The molecule has 150 valence electrons. The van der Waals surface area contributed by atoms with E-state index in [1.54, 1.807) is 17.9 Å². The van der Waals surface area contributed by atoms with Gasteiger partial charge in [0, 0.05) is 37.8 Å². The lowest BCUT2D eigenvalue weighted by molar-refractivity contribution is -0.132. The van der Waals surface area contributed by atoms with Gasteiger partial charge in [-0.25, -0.2) is 19.6 Å². The Morgan fingerprint density at radius 1 is 1.14 bits per heavy atom. The fourth-order valence-corrected chi connectivity index (χ4v) is 3.61. The number of hydrogen-bond acceptors (Lipinski definition) is 7. The minimum Gasteiger partial charge on any atom is -0.481 e. The third-order valence-electron chi connectivity index (χ3n) is 4.76. The summed E-state index contributed by atoms with van der Waals surface area (Å²) in [5.41, 5.74) is 0.918. The van der Waals surface area contributed by atoms with E-state index in [1.807, 2.05) is 35.2 Å². The zero-order chi connectivity index (χ0) is 20.2. The van der Waals surface area contributed by atoms with Crippen molar-refractivity contribution in [2.45, 2.75) is 6.54 Å². The predicted octanol–water partition coefficient (Wildman–Crippen LogP) is 1.85. The summed E-state index contributed by atoms with van der Waals surface area (Å²) in [6.07, 6.45) is 1.49. The van der Waals surface area contributed by atoms with E-state index in [0.29, 0.717) is 42.6 Å². The Labute approximate surface area is 176 Å². The second-order valence-corrected chi connectivity index (χ2v) is 7.22. The molecular weight excluding hydrogens is 438 g/mol. The molecule has 0 N–H and O–H groups in total. The summed E-state index contributed by atoms with van der Waals surface area (Å²) in [6, 6.07) is 11.5. The van der Waals surface area contributed by atoms with E-state index in [0.717, 1.165) is 11.4 Å². The number of anilines is 1. The number of piperazine rings is 1. The van der Waals surface area contributed by atoms with Crippen molar-refractivity contribution in [3.63, 3.8) is 0 Å². The van der Waals surface area contributed by atoms with Crippen molar-refractivity contribution in [1.29, 1.82) is 0 Å². The summed E-state index contributed by atoms with van der Waals surface area (Å²) >= 11 is 3.31. The first-order chi connectivity index (χ1) is 14.1. The largest absolute Gasteiger partial charge is 0.481 e. The van der Waals surface area contributed by atoms with Gasteiger partial charge in [-0.05, 0) is 15.9 Å². The smallest absolute Gasteiger partial charge is 0.244 e. The summed E-state index contributed by atoms with van der Waals surface area (Å²) in [5.74, 6) is 2.01. The first-order valence-corrected chi connectivity index (χ1v) is 9.98. The molecule has 4 rings (SSSR count). The molecule has 0 unspecified atom stereocenters. The molecule has 1 fully saturated rings. The summed E-state index contributed by atoms with van der Waals surface area (Å²) in [7, 11) is 1.58. The number of amides is 1. The Bertz CT molecular complexity index is 987. The molecule has 29 heavy (non-hydrogen) atoms. The van der Waals surface area contributed by atoms with Crippen LogP contribution in [0.4, 0.5) is 5.82 Å². The quantitative estimate of drug-likeness (QED) is 0.577. The number of ether oxygens (including phenoxy) is 1. The van der Waals surface area contributed by atoms with Crippen LogP contribution in [-0.2, 0) is 11.3 Å². The summed E-state index contributed by atoms with van der Waals surface area (Å²) < 4.78 is 7.27. The van der Waals surface area contributed by atoms with Crippen LogP contribution in [0.25, 0.3) is 11.4 Å². The summed E-state index contributed by atoms with van der Waals surface area (Å²) in [5, 5.41) is 4.34. The summed E-state index contributed by atoms with van der Waals surface area (Å²) in [4.78, 5) is 29.6. The molecule has 3 aromatic rings. The number of aromatic nitrogens is 5. The second-order valence-electron chi connectivity index (χ2n) is 6.51. The van der Waals surface area contributed by atoms with Crippen LogP contribution in [0, 0.1) is 0 Å². The molecule has 0 atom stereocenters. The lowest BCUT2D eigenvalue weighted by Crippen LogP contribution is -2.50. The van der Waals surface area contributed by atoms with E-state index >= 15 is 0 Å². The van der Waals surface area contributed by atoms with Crippen LogP contribution in [0.5, 0.6) is 5.88 Å². The number of hydrogen-bond donors (Lipinski definition) is 0. The molecule has 0 radical (unpaired) electrons. The molecule has 0 bridgehead atoms. The third kappa shape index (κ3) is 4.37. The first kappa shape index (κ1) is 19.3. The molecule has 10 heteroatoms. The van der Waals surface area contributed by atoms with Gasteiger partial charge in [0.15, 0.2) is 5.82 Å². The highest BCUT2D eigenvalue weighted by Crippen LogP contribution is 2.20. The van der Waals surface area contributed by atoms with Crippen LogP contribution >= 0.6 is 15.9 Å². The van der Waals surface area contributed by atoms with Crippen LogP contribution in [0.1, 0.15) is 0 Å². The first-order valence-electron chi connectivity index (χ1n) is 9.18. The topological polar surface area (TPSA) is 89.3 Å². The van der Waals surface area contributed by atoms with E-state index in [-0.39, 0.29) is 12.5 Å². The van der Waals surface area contributed by atoms with Crippen molar-refractivity contribution in [3.8, 4) is 17.3 Å². The molecule has 1 amide bonds. The van der Waals surface area contributed by atoms with Crippen LogP contribution in [-0.4, -0.2) is 68.8 Å². The molecular formula is C19H20BrN7O2. The summed E-state index contributed by atoms with van der Waals surface area (Å²) in [6.45, 7) is 2.75. The van der Waals surface area contributed by atoms with E-state index in [1.165, 1.54) is 6.33 Å². The SMILES string of the molecule is COc1cc(N2CCN(C(=O)Cn3nc(Br)nc3-c3ccccc3)CC2)ncn1. The van der Waals surface area contributed by atoms with Gasteiger partial charge in [-0.1, -0.05) is 30.3 Å². The normalized spacial score (nSPS) is 14.1. The highest BCUT2D eigenvalue weighted by molar-refractivity contribution is 9.10. The van der Waals surface area contributed by atoms with Crippen LogP contribution in [0.2, 0.25) is 0 Å². The van der Waals surface area contributed by atoms with Crippen LogP contribution < -0.4 is 9.64 Å². The van der Waals surface area contributed by atoms with Gasteiger partial charge in [-0.15, -0.1) is 5.10 Å². The monoisotopic (exact) mass is 457 g/mol. The number of nitrogens with zero attached hydrogens (tertiary/aromatic N) is 7. The Morgan fingerprint density at radius 3 is 2.62 bits per heavy atom. The average Bonchev–Trinajstić information content (AvgIpc) is 3.14. The van der Waals surface area contributed by atoms with Gasteiger partial charge in [0.2, 0.25) is 16.5 Å². The zero-order valence-corrected chi connectivity index (χ0v) is 17.5. The van der Waals surface area contributed by atoms with Gasteiger partial charge in [0.1, 0.15) is 18.7 Å². The van der Waals surface area contributed by atoms with Gasteiger partial charge >= 0.3 is 0 Å². The Morgan fingerprint density at radius 2 is 1.90 bits per heavy atom. The van der Waals surface area contributed by atoms with Crippen molar-refractivity contribution >= 4 is 27.7 Å². The van der Waals surface area contributed by atoms with E-state index in [4.69, 9.17) is 4.74 Å². The zero-order valence-electron chi connectivity index (χ0n) is 15.9. The highest BCUT2D eigenvalue weighted by atomic mass is 79.9. The number of carbonyl (C=O) groups excluding carboxylic acids is 1. The fourth-order valence-electron chi connectivity index (χ4n) is 3.25. The van der Waals surface area contributed by atoms with Crippen molar-refractivity contribution in [2.24, 2.45) is 0 Å². The number of halogens is 1. The molecule has 1 aromatic carbocycles. The molecule has 0 aliphatic carbocycles. The van der Waals surface area contributed by atoms with Crippen LogP contribution in [0.3, 0.4) is 0 Å². The molecule has 3 heterocycles.